The standard InChI is InChI=1S/C20H23BrO4/c1-3-5-16-8-9-19(20(14-16)22-2)25-13-11-23-10-12-24-18-7-4-6-17(21)15-18/h3-9,14-15H,10-13H2,1-2H3. The van der Waals surface area contributed by atoms with Gasteiger partial charge in [-0.1, -0.05) is 40.2 Å². The van der Waals surface area contributed by atoms with E-state index in [1.165, 1.54) is 0 Å². The van der Waals surface area contributed by atoms with E-state index in [9.17, 15) is 0 Å². The fourth-order valence-corrected chi connectivity index (χ4v) is 2.57. The van der Waals surface area contributed by atoms with E-state index in [1.807, 2.05) is 61.5 Å². The summed E-state index contributed by atoms with van der Waals surface area (Å²) in [7, 11) is 1.64. The van der Waals surface area contributed by atoms with Crippen LogP contribution in [0.5, 0.6) is 17.2 Å². The average Bonchev–Trinajstić information content (AvgIpc) is 2.62. The van der Waals surface area contributed by atoms with E-state index >= 15 is 0 Å². The molecule has 0 saturated carbocycles. The highest BCUT2D eigenvalue weighted by atomic mass is 79.9. The van der Waals surface area contributed by atoms with Gasteiger partial charge in [-0.2, -0.15) is 0 Å². The molecule has 0 fully saturated rings. The van der Waals surface area contributed by atoms with Crippen LogP contribution in [-0.2, 0) is 4.74 Å². The zero-order valence-corrected chi connectivity index (χ0v) is 16.1. The number of hydrogen-bond acceptors (Lipinski definition) is 4. The molecular formula is C20H23BrO4. The number of benzene rings is 2. The van der Waals surface area contributed by atoms with Crippen molar-refractivity contribution in [3.63, 3.8) is 0 Å². The van der Waals surface area contributed by atoms with Crippen LogP contribution >= 0.6 is 15.9 Å². The first-order valence-electron chi connectivity index (χ1n) is 8.12. The van der Waals surface area contributed by atoms with Crippen molar-refractivity contribution in [1.29, 1.82) is 0 Å². The van der Waals surface area contributed by atoms with Crippen LogP contribution in [0.4, 0.5) is 0 Å². The smallest absolute Gasteiger partial charge is 0.161 e. The number of ether oxygens (including phenoxy) is 4. The van der Waals surface area contributed by atoms with Crippen molar-refractivity contribution in [3.05, 3.63) is 58.6 Å². The molecule has 0 spiro atoms. The molecule has 0 heterocycles. The molecule has 2 aromatic carbocycles. The summed E-state index contributed by atoms with van der Waals surface area (Å²) in [6.07, 6.45) is 4.00. The van der Waals surface area contributed by atoms with Crippen molar-refractivity contribution < 1.29 is 18.9 Å². The van der Waals surface area contributed by atoms with Crippen molar-refractivity contribution in [3.8, 4) is 17.2 Å². The second kappa shape index (κ2) is 10.8. The van der Waals surface area contributed by atoms with E-state index in [0.29, 0.717) is 37.9 Å². The minimum atomic E-state index is 0.455. The Labute approximate surface area is 157 Å². The molecule has 0 aliphatic rings. The average molecular weight is 407 g/mol. The van der Waals surface area contributed by atoms with Gasteiger partial charge < -0.3 is 18.9 Å². The van der Waals surface area contributed by atoms with E-state index in [0.717, 1.165) is 15.8 Å². The lowest BCUT2D eigenvalue weighted by molar-refractivity contribution is 0.0757. The first-order chi connectivity index (χ1) is 12.2. The maximum atomic E-state index is 5.72. The van der Waals surface area contributed by atoms with E-state index in [1.54, 1.807) is 7.11 Å². The van der Waals surface area contributed by atoms with E-state index in [4.69, 9.17) is 18.9 Å². The second-order valence-electron chi connectivity index (χ2n) is 5.18. The summed E-state index contributed by atoms with van der Waals surface area (Å²) in [5, 5.41) is 0. The lowest BCUT2D eigenvalue weighted by atomic mass is 10.2. The van der Waals surface area contributed by atoms with Gasteiger partial charge in [-0.3, -0.25) is 0 Å². The minimum absolute atomic E-state index is 0.455. The summed E-state index contributed by atoms with van der Waals surface area (Å²) in [6.45, 7) is 3.93. The highest BCUT2D eigenvalue weighted by Gasteiger charge is 2.04. The van der Waals surface area contributed by atoms with Crippen LogP contribution in [0.25, 0.3) is 6.08 Å². The van der Waals surface area contributed by atoms with Crippen molar-refractivity contribution in [2.45, 2.75) is 6.92 Å². The van der Waals surface area contributed by atoms with Crippen molar-refractivity contribution in [2.24, 2.45) is 0 Å². The maximum Gasteiger partial charge on any atom is 0.161 e. The molecule has 0 bridgehead atoms. The van der Waals surface area contributed by atoms with Gasteiger partial charge in [-0.05, 0) is 42.8 Å². The van der Waals surface area contributed by atoms with Crippen molar-refractivity contribution >= 4 is 22.0 Å². The molecule has 4 nitrogen and oxygen atoms in total. The SMILES string of the molecule is CC=Cc1ccc(OCCOCCOc2cccc(Br)c2)c(OC)c1. The number of hydrogen-bond donors (Lipinski definition) is 0. The monoisotopic (exact) mass is 406 g/mol. The van der Waals surface area contributed by atoms with Crippen LogP contribution in [0, 0.1) is 0 Å². The molecule has 0 radical (unpaired) electrons. The Hall–Kier alpha value is -1.98. The van der Waals surface area contributed by atoms with E-state index < -0.39 is 0 Å². The zero-order chi connectivity index (χ0) is 17.9. The predicted octanol–water partition coefficient (Wildman–Crippen LogP) is 4.97. The molecule has 0 aliphatic carbocycles. The predicted molar refractivity (Wildman–Crippen MR) is 104 cm³/mol. The molecule has 25 heavy (non-hydrogen) atoms. The summed E-state index contributed by atoms with van der Waals surface area (Å²) in [5.41, 5.74) is 1.08. The maximum absolute atomic E-state index is 5.72. The molecule has 2 rings (SSSR count). The molecule has 0 amide bonds. The van der Waals surface area contributed by atoms with Gasteiger partial charge >= 0.3 is 0 Å². The van der Waals surface area contributed by atoms with Gasteiger partial charge in [-0.15, -0.1) is 0 Å². The van der Waals surface area contributed by atoms with Crippen LogP contribution in [0.2, 0.25) is 0 Å². The third kappa shape index (κ3) is 6.80. The molecule has 2 aromatic rings. The molecule has 0 aromatic heterocycles. The fourth-order valence-electron chi connectivity index (χ4n) is 2.19. The quantitative estimate of drug-likeness (QED) is 0.522. The first-order valence-corrected chi connectivity index (χ1v) is 8.92. The molecular weight excluding hydrogens is 384 g/mol. The van der Waals surface area contributed by atoms with Crippen LogP contribution in [-0.4, -0.2) is 33.5 Å². The van der Waals surface area contributed by atoms with Gasteiger partial charge in [0.05, 0.1) is 20.3 Å². The summed E-state index contributed by atoms with van der Waals surface area (Å²) in [6, 6.07) is 13.6. The summed E-state index contributed by atoms with van der Waals surface area (Å²) in [5.74, 6) is 2.25. The Balaban J connectivity index is 1.66. The molecule has 5 heteroatoms. The second-order valence-corrected chi connectivity index (χ2v) is 6.09. The Morgan fingerprint density at radius 1 is 0.920 bits per heavy atom. The van der Waals surface area contributed by atoms with Crippen LogP contribution in [0.1, 0.15) is 12.5 Å². The Morgan fingerprint density at radius 2 is 1.72 bits per heavy atom. The Bertz CT molecular complexity index is 685. The normalized spacial score (nSPS) is 10.8. The highest BCUT2D eigenvalue weighted by molar-refractivity contribution is 9.10. The third-order valence-electron chi connectivity index (χ3n) is 3.32. The van der Waals surface area contributed by atoms with Crippen LogP contribution in [0.3, 0.4) is 0 Å². The highest BCUT2D eigenvalue weighted by Crippen LogP contribution is 2.28. The Morgan fingerprint density at radius 3 is 2.44 bits per heavy atom. The lowest BCUT2D eigenvalue weighted by Crippen LogP contribution is -2.12. The molecule has 134 valence electrons. The molecule has 0 atom stereocenters. The molecule has 0 saturated heterocycles. The lowest BCUT2D eigenvalue weighted by Gasteiger charge is -2.12. The molecule has 0 aliphatic heterocycles. The fraction of sp³-hybridized carbons (Fsp3) is 0.300. The van der Waals surface area contributed by atoms with Crippen LogP contribution in [0.15, 0.2) is 53.0 Å². The van der Waals surface area contributed by atoms with E-state index in [2.05, 4.69) is 15.9 Å². The van der Waals surface area contributed by atoms with E-state index in [-0.39, 0.29) is 0 Å². The van der Waals surface area contributed by atoms with Crippen molar-refractivity contribution in [2.75, 3.05) is 33.5 Å². The Kier molecular flexibility index (Phi) is 8.35. The van der Waals surface area contributed by atoms with Gasteiger partial charge in [0.2, 0.25) is 0 Å². The number of rotatable bonds is 10. The molecule has 0 N–H and O–H groups in total. The number of methoxy groups -OCH3 is 1. The van der Waals surface area contributed by atoms with Crippen molar-refractivity contribution in [1.82, 2.24) is 0 Å². The zero-order valence-electron chi connectivity index (χ0n) is 14.5. The summed E-state index contributed by atoms with van der Waals surface area (Å²) >= 11 is 3.41. The summed E-state index contributed by atoms with van der Waals surface area (Å²) in [4.78, 5) is 0. The first kappa shape index (κ1) is 19.3. The van der Waals surface area contributed by atoms with Gasteiger partial charge in [0.25, 0.3) is 0 Å². The third-order valence-corrected chi connectivity index (χ3v) is 3.82. The van der Waals surface area contributed by atoms with Gasteiger partial charge in [0, 0.05) is 4.47 Å². The topological polar surface area (TPSA) is 36.9 Å². The number of allylic oxidation sites excluding steroid dienone is 1. The largest absolute Gasteiger partial charge is 0.493 e. The van der Waals surface area contributed by atoms with Gasteiger partial charge in [0.15, 0.2) is 11.5 Å². The minimum Gasteiger partial charge on any atom is -0.493 e. The summed E-state index contributed by atoms with van der Waals surface area (Å²) < 4.78 is 23.2. The van der Waals surface area contributed by atoms with Crippen LogP contribution < -0.4 is 14.2 Å². The van der Waals surface area contributed by atoms with Gasteiger partial charge in [0.1, 0.15) is 19.0 Å². The van der Waals surface area contributed by atoms with Gasteiger partial charge in [-0.25, -0.2) is 0 Å². The molecule has 0 unspecified atom stereocenters. The number of halogens is 1.